The van der Waals surface area contributed by atoms with Gasteiger partial charge in [0.15, 0.2) is 0 Å². The first-order chi connectivity index (χ1) is 8.09. The van der Waals surface area contributed by atoms with Crippen LogP contribution in [0.2, 0.25) is 0 Å². The van der Waals surface area contributed by atoms with E-state index in [1.54, 1.807) is 12.4 Å². The molecule has 0 saturated carbocycles. The third-order valence-electron chi connectivity index (χ3n) is 2.20. The predicted molar refractivity (Wildman–Crippen MR) is 63.8 cm³/mol. The van der Waals surface area contributed by atoms with Gasteiger partial charge in [-0.15, -0.1) is 11.3 Å². The number of carbonyl (C=O) groups is 2. The number of thiazole rings is 1. The highest BCUT2D eigenvalue weighted by molar-refractivity contribution is 7.07. The minimum absolute atomic E-state index is 0.310. The lowest BCUT2D eigenvalue weighted by Crippen LogP contribution is -2.36. The summed E-state index contributed by atoms with van der Waals surface area (Å²) in [6.45, 7) is 2.33. The average Bonchev–Trinajstić information content (AvgIpc) is 2.78. The summed E-state index contributed by atoms with van der Waals surface area (Å²) < 4.78 is 0. The highest BCUT2D eigenvalue weighted by Crippen LogP contribution is 2.00. The van der Waals surface area contributed by atoms with Gasteiger partial charge in [-0.1, -0.05) is 6.92 Å². The average molecular weight is 257 g/mol. The lowest BCUT2D eigenvalue weighted by Gasteiger charge is -2.08. The molecule has 6 nitrogen and oxygen atoms in total. The van der Waals surface area contributed by atoms with Gasteiger partial charge in [-0.3, -0.25) is 4.79 Å². The van der Waals surface area contributed by atoms with Crippen molar-refractivity contribution in [3.05, 3.63) is 16.6 Å². The fourth-order valence-electron chi connectivity index (χ4n) is 1.08. The van der Waals surface area contributed by atoms with Crippen molar-refractivity contribution in [3.63, 3.8) is 0 Å². The zero-order valence-corrected chi connectivity index (χ0v) is 10.3. The van der Waals surface area contributed by atoms with E-state index in [0.29, 0.717) is 19.5 Å². The largest absolute Gasteiger partial charge is 0.481 e. The lowest BCUT2D eigenvalue weighted by atomic mass is 10.1. The van der Waals surface area contributed by atoms with Crippen molar-refractivity contribution in [2.75, 3.05) is 6.54 Å². The Morgan fingerprint density at radius 1 is 1.53 bits per heavy atom. The number of carboxylic acid groups (broad SMARTS) is 1. The molecule has 17 heavy (non-hydrogen) atoms. The number of rotatable bonds is 6. The molecule has 1 atom stereocenters. The Kier molecular flexibility index (Phi) is 5.41. The zero-order chi connectivity index (χ0) is 12.7. The maximum atomic E-state index is 11.3. The molecular weight excluding hydrogens is 242 g/mol. The first kappa shape index (κ1) is 13.4. The topological polar surface area (TPSA) is 91.3 Å². The molecule has 0 radical (unpaired) electrons. The van der Waals surface area contributed by atoms with Crippen molar-refractivity contribution in [1.29, 1.82) is 0 Å². The molecule has 94 valence electrons. The van der Waals surface area contributed by atoms with E-state index in [0.717, 1.165) is 5.69 Å². The molecule has 1 heterocycles. The van der Waals surface area contributed by atoms with Gasteiger partial charge in [-0.25, -0.2) is 9.78 Å². The van der Waals surface area contributed by atoms with E-state index in [-0.39, 0.29) is 6.03 Å². The molecule has 3 N–H and O–H groups in total. The van der Waals surface area contributed by atoms with Gasteiger partial charge >= 0.3 is 12.0 Å². The number of nitrogens with zero attached hydrogens (tertiary/aromatic N) is 1. The van der Waals surface area contributed by atoms with Gasteiger partial charge < -0.3 is 15.7 Å². The maximum Gasteiger partial charge on any atom is 0.315 e. The molecule has 0 aliphatic carbocycles. The number of nitrogens with one attached hydrogen (secondary N) is 2. The molecule has 1 rings (SSSR count). The molecule has 7 heteroatoms. The Hall–Kier alpha value is -1.63. The van der Waals surface area contributed by atoms with Crippen molar-refractivity contribution < 1.29 is 14.7 Å². The minimum atomic E-state index is -0.852. The van der Waals surface area contributed by atoms with Crippen molar-refractivity contribution in [3.8, 4) is 0 Å². The first-order valence-electron chi connectivity index (χ1n) is 5.21. The Morgan fingerprint density at radius 3 is 2.88 bits per heavy atom. The van der Waals surface area contributed by atoms with Gasteiger partial charge in [0.05, 0.1) is 23.7 Å². The maximum absolute atomic E-state index is 11.3. The summed E-state index contributed by atoms with van der Waals surface area (Å²) in [6.07, 6.45) is 0.416. The molecule has 1 unspecified atom stereocenters. The Morgan fingerprint density at radius 2 is 2.29 bits per heavy atom. The summed E-state index contributed by atoms with van der Waals surface area (Å²) in [4.78, 5) is 25.8. The van der Waals surface area contributed by atoms with Gasteiger partial charge in [0.2, 0.25) is 0 Å². The van der Waals surface area contributed by atoms with E-state index >= 15 is 0 Å². The SMILES string of the molecule is CC(CCNC(=O)NCc1cscn1)C(=O)O. The summed E-state index contributed by atoms with van der Waals surface area (Å²) in [5.74, 6) is -1.30. The summed E-state index contributed by atoms with van der Waals surface area (Å²) in [5.41, 5.74) is 2.51. The van der Waals surface area contributed by atoms with Gasteiger partial charge in [0, 0.05) is 11.9 Å². The van der Waals surface area contributed by atoms with Crippen LogP contribution >= 0.6 is 11.3 Å². The number of aromatic nitrogens is 1. The quantitative estimate of drug-likeness (QED) is 0.710. The Labute approximate surface area is 103 Å². The minimum Gasteiger partial charge on any atom is -0.481 e. The van der Waals surface area contributed by atoms with Crippen LogP contribution in [-0.2, 0) is 11.3 Å². The van der Waals surface area contributed by atoms with Gasteiger partial charge in [0.25, 0.3) is 0 Å². The van der Waals surface area contributed by atoms with Crippen molar-refractivity contribution >= 4 is 23.3 Å². The summed E-state index contributed by atoms with van der Waals surface area (Å²) in [5, 5.41) is 15.7. The van der Waals surface area contributed by atoms with E-state index in [1.807, 2.05) is 5.38 Å². The second kappa shape index (κ2) is 6.85. The summed E-state index contributed by atoms with van der Waals surface area (Å²) in [7, 11) is 0. The molecule has 0 aliphatic rings. The number of carboxylic acids is 1. The molecule has 0 aliphatic heterocycles. The van der Waals surface area contributed by atoms with Crippen LogP contribution in [0.4, 0.5) is 4.79 Å². The van der Waals surface area contributed by atoms with Gasteiger partial charge in [-0.2, -0.15) is 0 Å². The van der Waals surface area contributed by atoms with E-state index in [4.69, 9.17) is 5.11 Å². The van der Waals surface area contributed by atoms with E-state index in [9.17, 15) is 9.59 Å². The first-order valence-corrected chi connectivity index (χ1v) is 6.15. The highest BCUT2D eigenvalue weighted by atomic mass is 32.1. The highest BCUT2D eigenvalue weighted by Gasteiger charge is 2.10. The molecule has 0 fully saturated rings. The van der Waals surface area contributed by atoms with Gasteiger partial charge in [0.1, 0.15) is 0 Å². The fraction of sp³-hybridized carbons (Fsp3) is 0.500. The number of amides is 2. The van der Waals surface area contributed by atoms with Crippen LogP contribution in [0.1, 0.15) is 19.0 Å². The number of urea groups is 1. The monoisotopic (exact) mass is 257 g/mol. The molecule has 0 aromatic carbocycles. The van der Waals surface area contributed by atoms with Crippen LogP contribution in [-0.4, -0.2) is 28.6 Å². The summed E-state index contributed by atoms with van der Waals surface area (Å²) >= 11 is 1.47. The Bertz CT molecular complexity index is 367. The van der Waals surface area contributed by atoms with E-state index < -0.39 is 11.9 Å². The second-order valence-corrected chi connectivity index (χ2v) is 4.34. The van der Waals surface area contributed by atoms with Crippen LogP contribution < -0.4 is 10.6 Å². The molecule has 0 bridgehead atoms. The standard InChI is InChI=1S/C10H15N3O3S/c1-7(9(14)15)2-3-11-10(16)12-4-8-5-17-6-13-8/h5-7H,2-4H2,1H3,(H,14,15)(H2,11,12,16). The predicted octanol–water partition coefficient (Wildman–Crippen LogP) is 1.05. The molecule has 2 amide bonds. The smallest absolute Gasteiger partial charge is 0.315 e. The van der Waals surface area contributed by atoms with E-state index in [1.165, 1.54) is 11.3 Å². The van der Waals surface area contributed by atoms with Crippen molar-refractivity contribution in [2.45, 2.75) is 19.9 Å². The lowest BCUT2D eigenvalue weighted by molar-refractivity contribution is -0.141. The Balaban J connectivity index is 2.11. The van der Waals surface area contributed by atoms with Crippen LogP contribution in [0.15, 0.2) is 10.9 Å². The molecule has 0 spiro atoms. The van der Waals surface area contributed by atoms with Crippen molar-refractivity contribution in [2.24, 2.45) is 5.92 Å². The van der Waals surface area contributed by atoms with E-state index in [2.05, 4.69) is 15.6 Å². The third-order valence-corrected chi connectivity index (χ3v) is 2.83. The third kappa shape index (κ3) is 5.30. The number of hydrogen-bond donors (Lipinski definition) is 3. The van der Waals surface area contributed by atoms with Crippen LogP contribution in [0.3, 0.4) is 0 Å². The van der Waals surface area contributed by atoms with Crippen LogP contribution in [0, 0.1) is 5.92 Å². The number of carbonyl (C=O) groups excluding carboxylic acids is 1. The fourth-order valence-corrected chi connectivity index (χ4v) is 1.64. The normalized spacial score (nSPS) is 11.8. The van der Waals surface area contributed by atoms with Crippen LogP contribution in [0.25, 0.3) is 0 Å². The second-order valence-electron chi connectivity index (χ2n) is 3.62. The molecule has 0 saturated heterocycles. The van der Waals surface area contributed by atoms with Gasteiger partial charge in [-0.05, 0) is 6.42 Å². The summed E-state index contributed by atoms with van der Waals surface area (Å²) in [6, 6.07) is -0.310. The molecule has 1 aromatic heterocycles. The van der Waals surface area contributed by atoms with Crippen molar-refractivity contribution in [1.82, 2.24) is 15.6 Å². The molecule has 1 aromatic rings. The zero-order valence-electron chi connectivity index (χ0n) is 9.47. The number of aliphatic carboxylic acids is 1. The number of hydrogen-bond acceptors (Lipinski definition) is 4. The molecular formula is C10H15N3O3S. The van der Waals surface area contributed by atoms with Crippen LogP contribution in [0.5, 0.6) is 0 Å².